The highest BCUT2D eigenvalue weighted by molar-refractivity contribution is 7.86. The zero-order valence-corrected chi connectivity index (χ0v) is 13.5. The summed E-state index contributed by atoms with van der Waals surface area (Å²) in [5.74, 6) is 0. The fourth-order valence-electron chi connectivity index (χ4n) is 1.70. The van der Waals surface area contributed by atoms with Crippen molar-refractivity contribution in [1.82, 2.24) is 0 Å². The van der Waals surface area contributed by atoms with Gasteiger partial charge in [-0.2, -0.15) is 13.2 Å². The Balaban J connectivity index is 2.32. The largest absolute Gasteiger partial charge is 0.417 e. The highest BCUT2D eigenvalue weighted by Crippen LogP contribution is 2.35. The summed E-state index contributed by atoms with van der Waals surface area (Å²) >= 11 is 11.4. The number of rotatable bonds is 3. The first-order valence-electron chi connectivity index (χ1n) is 6.00. The van der Waals surface area contributed by atoms with Gasteiger partial charge < -0.3 is 4.72 Å². The molecule has 2 aromatic rings. The summed E-state index contributed by atoms with van der Waals surface area (Å²) in [5, 5.41) is -0.00984. The lowest BCUT2D eigenvalue weighted by molar-refractivity contribution is -0.137. The molecule has 0 bridgehead atoms. The van der Waals surface area contributed by atoms with Gasteiger partial charge in [0.2, 0.25) is 0 Å². The molecule has 0 spiro atoms. The number of benzene rings is 2. The molecule has 0 heterocycles. The third kappa shape index (κ3) is 3.94. The van der Waals surface area contributed by atoms with Crippen molar-refractivity contribution in [2.75, 3.05) is 4.72 Å². The Hall–Kier alpha value is -1.24. The second-order valence-corrected chi connectivity index (χ2v) is 6.53. The predicted octanol–water partition coefficient (Wildman–Crippen LogP) is 5.46. The van der Waals surface area contributed by atoms with E-state index < -0.39 is 27.7 Å². The van der Waals surface area contributed by atoms with Crippen LogP contribution < -0.4 is 4.72 Å². The average molecular weight is 368 g/mol. The van der Waals surface area contributed by atoms with Crippen molar-refractivity contribution in [2.45, 2.75) is 18.0 Å². The fourth-order valence-corrected chi connectivity index (χ4v) is 3.05. The van der Waals surface area contributed by atoms with Gasteiger partial charge in [-0.15, -0.1) is 0 Å². The zero-order valence-electron chi connectivity index (χ0n) is 11.2. The van der Waals surface area contributed by atoms with Gasteiger partial charge in [0, 0.05) is 5.02 Å². The Bertz CT molecular complexity index is 735. The minimum Gasteiger partial charge on any atom is -0.301 e. The molecule has 118 valence electrons. The van der Waals surface area contributed by atoms with Crippen LogP contribution in [0.2, 0.25) is 10.0 Å². The normalized spacial score (nSPS) is 13.0. The summed E-state index contributed by atoms with van der Waals surface area (Å²) in [7, 11) is -1.87. The molecule has 0 radical (unpaired) electrons. The third-order valence-corrected chi connectivity index (χ3v) is 4.51. The van der Waals surface area contributed by atoms with Crippen LogP contribution in [0.4, 0.5) is 18.9 Å². The van der Waals surface area contributed by atoms with Crippen molar-refractivity contribution < 1.29 is 17.4 Å². The van der Waals surface area contributed by atoms with E-state index >= 15 is 0 Å². The van der Waals surface area contributed by atoms with Crippen LogP contribution in [-0.2, 0) is 17.2 Å². The summed E-state index contributed by atoms with van der Waals surface area (Å²) in [5.41, 5.74) is 0.224. The van der Waals surface area contributed by atoms with E-state index in [0.29, 0.717) is 10.7 Å². The van der Waals surface area contributed by atoms with E-state index in [1.54, 1.807) is 25.1 Å². The van der Waals surface area contributed by atoms with Crippen LogP contribution in [0.3, 0.4) is 0 Å². The Morgan fingerprint density at radius 3 is 2.41 bits per heavy atom. The molecule has 1 N–H and O–H groups in total. The molecule has 0 saturated heterocycles. The van der Waals surface area contributed by atoms with E-state index in [4.69, 9.17) is 23.2 Å². The number of halogens is 5. The molecule has 0 aromatic heterocycles. The molecule has 0 fully saturated rings. The summed E-state index contributed by atoms with van der Waals surface area (Å²) in [6, 6.07) is 8.05. The maximum Gasteiger partial charge on any atom is 0.417 e. The minimum atomic E-state index is -4.61. The molecule has 0 aliphatic carbocycles. The minimum absolute atomic E-state index is 0.0314. The Kier molecular flexibility index (Phi) is 5.04. The Morgan fingerprint density at radius 2 is 1.77 bits per heavy atom. The Morgan fingerprint density at radius 1 is 1.09 bits per heavy atom. The number of aryl methyl sites for hydroxylation is 1. The number of anilines is 1. The summed E-state index contributed by atoms with van der Waals surface area (Å²) in [4.78, 5) is -0.0314. The molecule has 1 unspecified atom stereocenters. The van der Waals surface area contributed by atoms with E-state index in [2.05, 4.69) is 4.72 Å². The lowest BCUT2D eigenvalue weighted by atomic mass is 10.2. The second-order valence-electron chi connectivity index (χ2n) is 4.47. The van der Waals surface area contributed by atoms with Crippen LogP contribution in [-0.4, -0.2) is 4.21 Å². The Labute approximate surface area is 137 Å². The van der Waals surface area contributed by atoms with Crippen molar-refractivity contribution in [2.24, 2.45) is 0 Å². The van der Waals surface area contributed by atoms with Crippen molar-refractivity contribution in [1.29, 1.82) is 0 Å². The van der Waals surface area contributed by atoms with Crippen molar-refractivity contribution in [3.05, 3.63) is 57.6 Å². The molecule has 0 aliphatic rings. The number of hydrogen-bond acceptors (Lipinski definition) is 1. The van der Waals surface area contributed by atoms with Crippen molar-refractivity contribution >= 4 is 39.9 Å². The monoisotopic (exact) mass is 367 g/mol. The maximum absolute atomic E-state index is 12.8. The quantitative estimate of drug-likeness (QED) is 0.766. The van der Waals surface area contributed by atoms with Gasteiger partial charge in [0.1, 0.15) is 11.0 Å². The van der Waals surface area contributed by atoms with Gasteiger partial charge in [-0.3, -0.25) is 0 Å². The van der Waals surface area contributed by atoms with Crippen LogP contribution in [0.15, 0.2) is 41.3 Å². The van der Waals surface area contributed by atoms with Crippen LogP contribution in [0.5, 0.6) is 0 Å². The standard InChI is InChI=1S/C14H10Cl2F3NOS/c1-8-2-3-9(15)6-13(8)20-22(21)10-4-5-12(16)11(7-10)14(17,18)19/h2-7,20H,1H3. The third-order valence-electron chi connectivity index (χ3n) is 2.86. The highest BCUT2D eigenvalue weighted by Gasteiger charge is 2.33. The summed E-state index contributed by atoms with van der Waals surface area (Å²) in [6.07, 6.45) is -4.61. The van der Waals surface area contributed by atoms with E-state index in [1.165, 1.54) is 6.07 Å². The second kappa shape index (κ2) is 6.48. The van der Waals surface area contributed by atoms with Gasteiger partial charge in [0.05, 0.1) is 21.2 Å². The highest BCUT2D eigenvalue weighted by atomic mass is 35.5. The first-order valence-corrected chi connectivity index (χ1v) is 7.90. The molecule has 2 rings (SSSR count). The molecule has 0 saturated carbocycles. The SMILES string of the molecule is Cc1ccc(Cl)cc1NS(=O)c1ccc(Cl)c(C(F)(F)F)c1. The van der Waals surface area contributed by atoms with E-state index in [1.807, 2.05) is 0 Å². The molecule has 0 aliphatic heterocycles. The molecular weight excluding hydrogens is 358 g/mol. The van der Waals surface area contributed by atoms with E-state index in [0.717, 1.165) is 17.7 Å². The number of nitrogens with one attached hydrogen (secondary N) is 1. The molecule has 0 amide bonds. The van der Waals surface area contributed by atoms with Gasteiger partial charge in [-0.25, -0.2) is 4.21 Å². The van der Waals surface area contributed by atoms with Gasteiger partial charge >= 0.3 is 6.18 Å². The molecule has 22 heavy (non-hydrogen) atoms. The molecular formula is C14H10Cl2F3NOS. The number of hydrogen-bond donors (Lipinski definition) is 1. The zero-order chi connectivity index (χ0) is 16.5. The van der Waals surface area contributed by atoms with Gasteiger partial charge in [-0.1, -0.05) is 29.3 Å². The van der Waals surface area contributed by atoms with Crippen LogP contribution in [0.1, 0.15) is 11.1 Å². The van der Waals surface area contributed by atoms with Gasteiger partial charge in [0.25, 0.3) is 0 Å². The van der Waals surface area contributed by atoms with Gasteiger partial charge in [-0.05, 0) is 42.8 Å². The first-order chi connectivity index (χ1) is 10.2. The molecule has 1 atom stereocenters. The van der Waals surface area contributed by atoms with E-state index in [9.17, 15) is 17.4 Å². The van der Waals surface area contributed by atoms with Crippen molar-refractivity contribution in [3.63, 3.8) is 0 Å². The lowest BCUT2D eigenvalue weighted by Crippen LogP contribution is -2.10. The van der Waals surface area contributed by atoms with Crippen LogP contribution in [0, 0.1) is 6.92 Å². The van der Waals surface area contributed by atoms with Crippen molar-refractivity contribution in [3.8, 4) is 0 Å². The predicted molar refractivity (Wildman–Crippen MR) is 82.7 cm³/mol. The van der Waals surface area contributed by atoms with Gasteiger partial charge in [0.15, 0.2) is 0 Å². The van der Waals surface area contributed by atoms with Crippen LogP contribution >= 0.6 is 23.2 Å². The summed E-state index contributed by atoms with van der Waals surface area (Å²) in [6.45, 7) is 1.76. The molecule has 2 aromatic carbocycles. The van der Waals surface area contributed by atoms with Crippen LogP contribution in [0.25, 0.3) is 0 Å². The maximum atomic E-state index is 12.8. The van der Waals surface area contributed by atoms with E-state index in [-0.39, 0.29) is 4.90 Å². The number of alkyl halides is 3. The summed E-state index contributed by atoms with van der Waals surface area (Å²) < 4.78 is 53.3. The lowest BCUT2D eigenvalue weighted by Gasteiger charge is -2.12. The average Bonchev–Trinajstić information content (AvgIpc) is 2.42. The molecule has 8 heteroatoms. The first kappa shape index (κ1) is 17.1. The topological polar surface area (TPSA) is 29.1 Å². The smallest absolute Gasteiger partial charge is 0.301 e. The molecule has 2 nitrogen and oxygen atoms in total. The fraction of sp³-hybridized carbons (Fsp3) is 0.143.